The molecule has 1 saturated heterocycles. The van der Waals surface area contributed by atoms with Gasteiger partial charge in [-0.05, 0) is 12.5 Å². The van der Waals surface area contributed by atoms with Gasteiger partial charge in [-0.1, -0.05) is 6.92 Å². The third-order valence-corrected chi connectivity index (χ3v) is 4.03. The largest absolute Gasteiger partial charge is 0.464 e. The Labute approximate surface area is 154 Å². The van der Waals surface area contributed by atoms with Crippen LogP contribution in [0.1, 0.15) is 38.5 Å². The summed E-state index contributed by atoms with van der Waals surface area (Å²) in [7, 11) is 0. The highest BCUT2D eigenvalue weighted by Gasteiger charge is 2.34. The highest BCUT2D eigenvalue weighted by Crippen LogP contribution is 2.29. The highest BCUT2D eigenvalue weighted by molar-refractivity contribution is 5.91. The average molecular weight is 381 g/mol. The van der Waals surface area contributed by atoms with E-state index in [0.29, 0.717) is 6.42 Å². The predicted octanol–water partition coefficient (Wildman–Crippen LogP) is -0.712. The van der Waals surface area contributed by atoms with Crippen molar-refractivity contribution in [2.45, 2.75) is 45.1 Å². The van der Waals surface area contributed by atoms with Gasteiger partial charge in [0.15, 0.2) is 0 Å². The summed E-state index contributed by atoms with van der Waals surface area (Å²) >= 11 is 0. The molecular formula is C17H23N3O7. The van der Waals surface area contributed by atoms with Crippen molar-refractivity contribution >= 4 is 18.0 Å². The number of aromatic amines is 1. The summed E-state index contributed by atoms with van der Waals surface area (Å²) in [4.78, 5) is 48.5. The smallest absolute Gasteiger partial charge is 0.330 e. The van der Waals surface area contributed by atoms with Gasteiger partial charge >= 0.3 is 11.7 Å². The number of carbonyl (C=O) groups excluding carboxylic acids is 2. The Morgan fingerprint density at radius 1 is 1.48 bits per heavy atom. The maximum absolute atomic E-state index is 12.0. The molecule has 2 rings (SSSR count). The first-order chi connectivity index (χ1) is 12.8. The van der Waals surface area contributed by atoms with Crippen LogP contribution in [0.4, 0.5) is 0 Å². The number of aliphatic hydroxyl groups is 1. The number of ether oxygens (including phenoxy) is 2. The molecule has 1 aromatic rings. The molecule has 1 fully saturated rings. The fraction of sp³-hybridized carbons (Fsp3) is 0.529. The maximum atomic E-state index is 12.0. The van der Waals surface area contributed by atoms with E-state index in [4.69, 9.17) is 4.74 Å². The molecule has 2 heterocycles. The van der Waals surface area contributed by atoms with E-state index in [0.717, 1.165) is 6.08 Å². The number of hydrogen-bond acceptors (Lipinski definition) is 7. The van der Waals surface area contributed by atoms with Crippen LogP contribution in [0.25, 0.3) is 6.08 Å². The molecule has 1 aromatic heterocycles. The van der Waals surface area contributed by atoms with Crippen molar-refractivity contribution in [1.82, 2.24) is 14.9 Å². The number of H-pyrrole nitrogens is 1. The van der Waals surface area contributed by atoms with E-state index in [9.17, 15) is 24.3 Å². The summed E-state index contributed by atoms with van der Waals surface area (Å²) in [5.74, 6) is -0.934. The van der Waals surface area contributed by atoms with Crippen LogP contribution in [0, 0.1) is 0 Å². The number of esters is 1. The second-order valence-electron chi connectivity index (χ2n) is 6.06. The lowest BCUT2D eigenvalue weighted by Gasteiger charge is -2.15. The Bertz CT molecular complexity index is 827. The molecule has 148 valence electrons. The number of hydrogen-bond donors (Lipinski definition) is 3. The molecule has 10 nitrogen and oxygen atoms in total. The lowest BCUT2D eigenvalue weighted by molar-refractivity contribution is -0.141. The molecule has 0 saturated carbocycles. The Balaban J connectivity index is 2.07. The summed E-state index contributed by atoms with van der Waals surface area (Å²) in [6, 6.07) is 0. The summed E-state index contributed by atoms with van der Waals surface area (Å²) < 4.78 is 11.5. The molecule has 0 aromatic carbocycles. The van der Waals surface area contributed by atoms with Crippen molar-refractivity contribution < 1.29 is 24.2 Å². The molecular weight excluding hydrogens is 358 g/mol. The first-order valence-corrected chi connectivity index (χ1v) is 8.60. The lowest BCUT2D eigenvalue weighted by Crippen LogP contribution is -2.33. The second-order valence-corrected chi connectivity index (χ2v) is 6.06. The van der Waals surface area contributed by atoms with Crippen LogP contribution in [0.3, 0.4) is 0 Å². The van der Waals surface area contributed by atoms with Crippen molar-refractivity contribution in [3.05, 3.63) is 38.7 Å². The van der Waals surface area contributed by atoms with Gasteiger partial charge in [0, 0.05) is 25.6 Å². The summed E-state index contributed by atoms with van der Waals surface area (Å²) in [6.07, 6.45) is 2.74. The highest BCUT2D eigenvalue weighted by atomic mass is 16.5. The van der Waals surface area contributed by atoms with Crippen LogP contribution >= 0.6 is 0 Å². The van der Waals surface area contributed by atoms with Crippen LogP contribution in [0.15, 0.2) is 21.9 Å². The SMILES string of the molecule is CC[C@H]1O[C@@H](n2cc(/C=C/C(=O)NCCOC(C)=O)c(=O)[nH]c2=O)C[C@H]1O. The van der Waals surface area contributed by atoms with E-state index in [2.05, 4.69) is 15.0 Å². The number of aromatic nitrogens is 2. The number of nitrogens with one attached hydrogen (secondary N) is 2. The molecule has 1 aliphatic heterocycles. The first-order valence-electron chi connectivity index (χ1n) is 8.60. The molecule has 0 bridgehead atoms. The zero-order chi connectivity index (χ0) is 20.0. The minimum absolute atomic E-state index is 0.0420. The topological polar surface area (TPSA) is 140 Å². The van der Waals surface area contributed by atoms with Crippen LogP contribution in [0.2, 0.25) is 0 Å². The molecule has 0 unspecified atom stereocenters. The Morgan fingerprint density at radius 2 is 2.22 bits per heavy atom. The zero-order valence-electron chi connectivity index (χ0n) is 15.1. The standard InChI is InChI=1S/C17H23N3O7/c1-3-13-12(22)8-15(27-13)20-9-11(16(24)19-17(20)25)4-5-14(23)18-6-7-26-10(2)21/h4-5,9,12-13,15,22H,3,6-8H2,1-2H3,(H,18,23)(H,19,24,25)/b5-4+/t12-,13-,15-/m1/s1. The van der Waals surface area contributed by atoms with Crippen LogP contribution < -0.4 is 16.6 Å². The normalized spacial score (nSPS) is 22.1. The Morgan fingerprint density at radius 3 is 2.85 bits per heavy atom. The molecule has 0 spiro atoms. The Hall–Kier alpha value is -2.72. The van der Waals surface area contributed by atoms with Crippen molar-refractivity contribution in [1.29, 1.82) is 0 Å². The summed E-state index contributed by atoms with van der Waals surface area (Å²) in [5, 5.41) is 12.4. The number of rotatable bonds is 7. The van der Waals surface area contributed by atoms with Gasteiger partial charge in [-0.2, -0.15) is 0 Å². The predicted molar refractivity (Wildman–Crippen MR) is 94.8 cm³/mol. The van der Waals surface area contributed by atoms with E-state index in [1.807, 2.05) is 6.92 Å². The van der Waals surface area contributed by atoms with Gasteiger partial charge in [0.05, 0.1) is 24.3 Å². The lowest BCUT2D eigenvalue weighted by atomic mass is 10.1. The van der Waals surface area contributed by atoms with E-state index in [1.165, 1.54) is 23.8 Å². The van der Waals surface area contributed by atoms with Crippen LogP contribution in [-0.2, 0) is 19.1 Å². The molecule has 3 N–H and O–H groups in total. The molecule has 10 heteroatoms. The quantitative estimate of drug-likeness (QED) is 0.322. The molecule has 27 heavy (non-hydrogen) atoms. The van der Waals surface area contributed by atoms with Crippen molar-refractivity contribution in [3.63, 3.8) is 0 Å². The molecule has 0 aliphatic carbocycles. The molecule has 0 radical (unpaired) electrons. The third kappa shape index (κ3) is 5.63. The number of nitrogens with zero attached hydrogens (tertiary/aromatic N) is 1. The summed E-state index contributed by atoms with van der Waals surface area (Å²) in [6.45, 7) is 3.30. The number of aliphatic hydroxyl groups excluding tert-OH is 1. The van der Waals surface area contributed by atoms with E-state index in [1.54, 1.807) is 0 Å². The van der Waals surface area contributed by atoms with Gasteiger partial charge in [-0.15, -0.1) is 0 Å². The van der Waals surface area contributed by atoms with Gasteiger partial charge in [0.25, 0.3) is 5.56 Å². The minimum Gasteiger partial charge on any atom is -0.464 e. The van der Waals surface area contributed by atoms with Crippen molar-refractivity contribution in [3.8, 4) is 0 Å². The van der Waals surface area contributed by atoms with E-state index < -0.39 is 35.5 Å². The van der Waals surface area contributed by atoms with Gasteiger partial charge < -0.3 is 19.9 Å². The van der Waals surface area contributed by atoms with E-state index >= 15 is 0 Å². The third-order valence-electron chi connectivity index (χ3n) is 4.03. The minimum atomic E-state index is -0.695. The first kappa shape index (κ1) is 20.6. The maximum Gasteiger partial charge on any atom is 0.330 e. The second kappa shape index (κ2) is 9.28. The molecule has 3 atom stereocenters. The Kier molecular flexibility index (Phi) is 7.08. The monoisotopic (exact) mass is 381 g/mol. The van der Waals surface area contributed by atoms with Crippen molar-refractivity contribution in [2.75, 3.05) is 13.2 Å². The zero-order valence-corrected chi connectivity index (χ0v) is 15.1. The fourth-order valence-electron chi connectivity index (χ4n) is 2.68. The van der Waals surface area contributed by atoms with Crippen molar-refractivity contribution in [2.24, 2.45) is 0 Å². The van der Waals surface area contributed by atoms with Gasteiger partial charge in [-0.3, -0.25) is 23.9 Å². The summed E-state index contributed by atoms with van der Waals surface area (Å²) in [5.41, 5.74) is -1.22. The van der Waals surface area contributed by atoms with Crippen LogP contribution in [-0.4, -0.2) is 51.9 Å². The average Bonchev–Trinajstić information content (AvgIpc) is 2.98. The fourth-order valence-corrected chi connectivity index (χ4v) is 2.68. The molecule has 1 aliphatic rings. The van der Waals surface area contributed by atoms with Gasteiger partial charge in [0.1, 0.15) is 12.8 Å². The number of carbonyl (C=O) groups is 2. The van der Waals surface area contributed by atoms with Gasteiger partial charge in [-0.25, -0.2) is 4.79 Å². The van der Waals surface area contributed by atoms with Gasteiger partial charge in [0.2, 0.25) is 5.91 Å². The van der Waals surface area contributed by atoms with E-state index in [-0.39, 0.29) is 31.2 Å². The van der Waals surface area contributed by atoms with Crippen LogP contribution in [0.5, 0.6) is 0 Å². The molecule has 1 amide bonds. The number of amides is 1.